The van der Waals surface area contributed by atoms with E-state index in [1.165, 1.54) is 12.0 Å². The van der Waals surface area contributed by atoms with Gasteiger partial charge in [-0.1, -0.05) is 52.3 Å². The van der Waals surface area contributed by atoms with Crippen molar-refractivity contribution in [3.63, 3.8) is 0 Å². The average molecular weight is 397 g/mol. The Hall–Kier alpha value is -2.01. The topological polar surface area (TPSA) is 63.8 Å². The van der Waals surface area contributed by atoms with E-state index < -0.39 is 0 Å². The van der Waals surface area contributed by atoms with Crippen molar-refractivity contribution in [3.8, 4) is 0 Å². The van der Waals surface area contributed by atoms with Crippen molar-refractivity contribution >= 4 is 0 Å². The molecule has 3 rings (SSSR count). The zero-order valence-electron chi connectivity index (χ0n) is 18.8. The highest BCUT2D eigenvalue weighted by Crippen LogP contribution is 2.38. The summed E-state index contributed by atoms with van der Waals surface area (Å²) in [6.45, 7) is 15.1. The van der Waals surface area contributed by atoms with Crippen LogP contribution in [0.5, 0.6) is 0 Å². The predicted molar refractivity (Wildman–Crippen MR) is 116 cm³/mol. The van der Waals surface area contributed by atoms with Crippen LogP contribution in [0.4, 0.5) is 0 Å². The number of nitrogens with one attached hydrogen (secondary N) is 1. The van der Waals surface area contributed by atoms with Gasteiger partial charge >= 0.3 is 0 Å². The number of allylic oxidation sites excluding steroid dienone is 1. The molecule has 2 aromatic rings. The first-order valence-electron chi connectivity index (χ1n) is 10.9. The summed E-state index contributed by atoms with van der Waals surface area (Å²) in [7, 11) is 0. The zero-order valence-corrected chi connectivity index (χ0v) is 18.8. The van der Waals surface area contributed by atoms with Crippen LogP contribution >= 0.6 is 0 Å². The second-order valence-electron chi connectivity index (χ2n) is 9.82. The number of aromatic nitrogens is 3. The van der Waals surface area contributed by atoms with Crippen LogP contribution in [0.15, 0.2) is 40.5 Å². The van der Waals surface area contributed by atoms with E-state index in [1.807, 2.05) is 18.3 Å². The van der Waals surface area contributed by atoms with Gasteiger partial charge in [0.25, 0.3) is 0 Å². The quantitative estimate of drug-likeness (QED) is 0.671. The van der Waals surface area contributed by atoms with Crippen LogP contribution in [0.1, 0.15) is 65.4 Å². The Balaban J connectivity index is 1.64. The highest BCUT2D eigenvalue weighted by atomic mass is 16.4. The van der Waals surface area contributed by atoms with Gasteiger partial charge in [0.1, 0.15) is 0 Å². The van der Waals surface area contributed by atoms with E-state index in [9.17, 15) is 0 Å². The third-order valence-electron chi connectivity index (χ3n) is 6.03. The molecule has 0 radical (unpaired) electrons. The number of hydrogen-bond donors (Lipinski definition) is 1. The average Bonchev–Trinajstić information content (AvgIpc) is 3.13. The molecule has 5 nitrogen and oxygen atoms in total. The van der Waals surface area contributed by atoms with E-state index in [4.69, 9.17) is 4.42 Å². The largest absolute Gasteiger partial charge is 0.425 e. The molecule has 2 aromatic heterocycles. The second kappa shape index (κ2) is 9.21. The molecule has 0 saturated heterocycles. The molecule has 0 aromatic carbocycles. The van der Waals surface area contributed by atoms with Gasteiger partial charge in [-0.25, -0.2) is 0 Å². The molecule has 3 unspecified atom stereocenters. The van der Waals surface area contributed by atoms with Crippen molar-refractivity contribution in [3.05, 3.63) is 53.5 Å². The third kappa shape index (κ3) is 5.75. The van der Waals surface area contributed by atoms with E-state index in [0.717, 1.165) is 37.0 Å². The Morgan fingerprint density at radius 1 is 1.21 bits per heavy atom. The highest BCUT2D eigenvalue weighted by Gasteiger charge is 2.32. The predicted octanol–water partition coefficient (Wildman–Crippen LogP) is 4.95. The van der Waals surface area contributed by atoms with Gasteiger partial charge < -0.3 is 9.73 Å². The van der Waals surface area contributed by atoms with Crippen molar-refractivity contribution in [2.24, 2.45) is 23.7 Å². The summed E-state index contributed by atoms with van der Waals surface area (Å²) >= 11 is 0. The molecule has 0 fully saturated rings. The minimum Gasteiger partial charge on any atom is -0.425 e. The molecular weight excluding hydrogens is 360 g/mol. The van der Waals surface area contributed by atoms with Crippen LogP contribution in [-0.2, 0) is 18.4 Å². The summed E-state index contributed by atoms with van der Waals surface area (Å²) in [6.07, 6.45) is 6.34. The number of hydrogen-bond acceptors (Lipinski definition) is 5. The Morgan fingerprint density at radius 3 is 2.62 bits per heavy atom. The lowest BCUT2D eigenvalue weighted by Gasteiger charge is -2.37. The highest BCUT2D eigenvalue weighted by molar-refractivity contribution is 5.14. The Bertz CT molecular complexity index is 804. The fourth-order valence-electron chi connectivity index (χ4n) is 4.23. The van der Waals surface area contributed by atoms with Crippen LogP contribution < -0.4 is 5.32 Å². The Kier molecular flexibility index (Phi) is 6.89. The monoisotopic (exact) mass is 396 g/mol. The first-order chi connectivity index (χ1) is 13.7. The van der Waals surface area contributed by atoms with Crippen molar-refractivity contribution in [2.75, 3.05) is 6.54 Å². The minimum atomic E-state index is -0.104. The first kappa shape index (κ1) is 21.7. The maximum absolute atomic E-state index is 5.97. The lowest BCUT2D eigenvalue weighted by molar-refractivity contribution is 0.217. The molecule has 0 saturated carbocycles. The maximum Gasteiger partial charge on any atom is 0.221 e. The molecule has 1 aliphatic carbocycles. The fourth-order valence-corrected chi connectivity index (χ4v) is 4.23. The van der Waals surface area contributed by atoms with Gasteiger partial charge in [-0.15, -0.1) is 10.2 Å². The molecular formula is C24H36N4O. The Labute approximate surface area is 175 Å². The van der Waals surface area contributed by atoms with Gasteiger partial charge in [0.05, 0.1) is 5.69 Å². The van der Waals surface area contributed by atoms with Crippen LogP contribution in [-0.4, -0.2) is 21.7 Å². The number of pyridine rings is 1. The first-order valence-corrected chi connectivity index (χ1v) is 10.9. The van der Waals surface area contributed by atoms with E-state index in [2.05, 4.69) is 74.2 Å². The van der Waals surface area contributed by atoms with Crippen molar-refractivity contribution < 1.29 is 4.42 Å². The summed E-state index contributed by atoms with van der Waals surface area (Å²) in [4.78, 5) is 4.41. The normalized spacial score (nSPS) is 22.7. The summed E-state index contributed by atoms with van der Waals surface area (Å²) < 4.78 is 5.97. The van der Waals surface area contributed by atoms with Gasteiger partial charge in [-0.2, -0.15) is 0 Å². The van der Waals surface area contributed by atoms with Crippen LogP contribution in [0.3, 0.4) is 0 Å². The van der Waals surface area contributed by atoms with Crippen LogP contribution in [0.2, 0.25) is 0 Å². The minimum absolute atomic E-state index is 0.104. The molecule has 0 spiro atoms. The van der Waals surface area contributed by atoms with Gasteiger partial charge in [0.15, 0.2) is 0 Å². The van der Waals surface area contributed by atoms with Gasteiger partial charge in [-0.3, -0.25) is 4.98 Å². The number of nitrogens with zero attached hydrogens (tertiary/aromatic N) is 3. The van der Waals surface area contributed by atoms with E-state index in [1.54, 1.807) is 0 Å². The summed E-state index contributed by atoms with van der Waals surface area (Å²) in [5, 5.41) is 12.2. The molecule has 0 amide bonds. The standard InChI is InChI=1S/C24H36N4O/c1-16(2)21-12-18(13-22-27-28-23(29-22)24(4,5)6)17(3)11-19(21)14-25-15-20-9-7-8-10-26-20/h7-11,16,18-19,21,25H,12-15H2,1-6H3. The van der Waals surface area contributed by atoms with Crippen LogP contribution in [0.25, 0.3) is 0 Å². The molecule has 2 heterocycles. The van der Waals surface area contributed by atoms with E-state index >= 15 is 0 Å². The summed E-state index contributed by atoms with van der Waals surface area (Å²) in [6, 6.07) is 6.07. The Morgan fingerprint density at radius 2 is 2.00 bits per heavy atom. The van der Waals surface area contributed by atoms with Crippen molar-refractivity contribution in [1.29, 1.82) is 0 Å². The molecule has 158 valence electrons. The fraction of sp³-hybridized carbons (Fsp3) is 0.625. The van der Waals surface area contributed by atoms with Crippen molar-refractivity contribution in [2.45, 2.75) is 66.3 Å². The van der Waals surface area contributed by atoms with E-state index in [0.29, 0.717) is 23.7 Å². The molecule has 5 heteroatoms. The second-order valence-corrected chi connectivity index (χ2v) is 9.82. The van der Waals surface area contributed by atoms with Crippen molar-refractivity contribution in [1.82, 2.24) is 20.5 Å². The summed E-state index contributed by atoms with van der Waals surface area (Å²) in [5.74, 6) is 3.79. The van der Waals surface area contributed by atoms with Gasteiger partial charge in [-0.05, 0) is 49.1 Å². The maximum atomic E-state index is 5.97. The smallest absolute Gasteiger partial charge is 0.221 e. The molecule has 0 aliphatic heterocycles. The van der Waals surface area contributed by atoms with E-state index in [-0.39, 0.29) is 5.41 Å². The molecule has 3 atom stereocenters. The lowest BCUT2D eigenvalue weighted by atomic mass is 9.70. The lowest BCUT2D eigenvalue weighted by Crippen LogP contribution is -2.34. The third-order valence-corrected chi connectivity index (χ3v) is 6.03. The van der Waals surface area contributed by atoms with Gasteiger partial charge in [0.2, 0.25) is 11.8 Å². The SMILES string of the molecule is CC1=CC(CNCc2ccccn2)C(C(C)C)CC1Cc1nnc(C(C)(C)C)o1. The molecule has 0 bridgehead atoms. The number of rotatable bonds is 7. The molecule has 29 heavy (non-hydrogen) atoms. The zero-order chi connectivity index (χ0) is 21.0. The molecule has 1 aliphatic rings. The molecule has 1 N–H and O–H groups in total. The van der Waals surface area contributed by atoms with Crippen LogP contribution in [0, 0.1) is 23.7 Å². The van der Waals surface area contributed by atoms with Gasteiger partial charge in [0, 0.05) is 31.1 Å². The summed E-state index contributed by atoms with van der Waals surface area (Å²) in [5.41, 5.74) is 2.43.